The summed E-state index contributed by atoms with van der Waals surface area (Å²) in [5.41, 5.74) is 3.07. The fourth-order valence-electron chi connectivity index (χ4n) is 2.65. The van der Waals surface area contributed by atoms with E-state index in [1.54, 1.807) is 18.3 Å². The number of rotatable bonds is 2. The van der Waals surface area contributed by atoms with Crippen molar-refractivity contribution in [2.45, 2.75) is 12.5 Å². The SMILES string of the molecule is N#Cc1ccc(N2Cc3ccccc3C(C(=O)O)C2)cn1. The minimum atomic E-state index is -0.825. The third kappa shape index (κ3) is 2.43. The van der Waals surface area contributed by atoms with E-state index in [-0.39, 0.29) is 0 Å². The molecule has 2 heterocycles. The Labute approximate surface area is 122 Å². The molecule has 0 amide bonds. The maximum absolute atomic E-state index is 11.5. The van der Waals surface area contributed by atoms with Gasteiger partial charge in [0, 0.05) is 13.1 Å². The molecule has 0 fully saturated rings. The van der Waals surface area contributed by atoms with Crippen LogP contribution in [0.15, 0.2) is 42.6 Å². The van der Waals surface area contributed by atoms with Crippen molar-refractivity contribution >= 4 is 11.7 Å². The number of fused-ring (bicyclic) bond motifs is 1. The smallest absolute Gasteiger partial charge is 0.312 e. The Morgan fingerprint density at radius 3 is 2.81 bits per heavy atom. The molecule has 0 radical (unpaired) electrons. The molecule has 1 aromatic carbocycles. The Morgan fingerprint density at radius 1 is 1.33 bits per heavy atom. The molecule has 5 heteroatoms. The highest BCUT2D eigenvalue weighted by Crippen LogP contribution is 2.31. The van der Waals surface area contributed by atoms with Gasteiger partial charge in [-0.1, -0.05) is 24.3 Å². The van der Waals surface area contributed by atoms with Crippen LogP contribution in [-0.4, -0.2) is 22.6 Å². The normalized spacial score (nSPS) is 16.9. The molecule has 5 nitrogen and oxygen atoms in total. The van der Waals surface area contributed by atoms with E-state index in [9.17, 15) is 9.90 Å². The van der Waals surface area contributed by atoms with Crippen LogP contribution in [0.4, 0.5) is 5.69 Å². The first-order chi connectivity index (χ1) is 10.2. The van der Waals surface area contributed by atoms with E-state index in [1.807, 2.05) is 35.2 Å². The predicted molar refractivity (Wildman–Crippen MR) is 76.8 cm³/mol. The van der Waals surface area contributed by atoms with Gasteiger partial charge in [-0.05, 0) is 23.3 Å². The lowest BCUT2D eigenvalue weighted by Crippen LogP contribution is -2.36. The number of carboxylic acids is 1. The molecular weight excluding hydrogens is 266 g/mol. The van der Waals surface area contributed by atoms with Gasteiger partial charge in [0.2, 0.25) is 0 Å². The van der Waals surface area contributed by atoms with Crippen LogP contribution in [-0.2, 0) is 11.3 Å². The van der Waals surface area contributed by atoms with Gasteiger partial charge in [-0.25, -0.2) is 4.98 Å². The molecular formula is C16H13N3O2. The average molecular weight is 279 g/mol. The van der Waals surface area contributed by atoms with Crippen LogP contribution in [0, 0.1) is 11.3 Å². The van der Waals surface area contributed by atoms with Gasteiger partial charge in [-0.3, -0.25) is 4.79 Å². The fourth-order valence-corrected chi connectivity index (χ4v) is 2.65. The Balaban J connectivity index is 1.96. The highest BCUT2D eigenvalue weighted by molar-refractivity contribution is 5.78. The maximum atomic E-state index is 11.5. The Bertz CT molecular complexity index is 719. The van der Waals surface area contributed by atoms with Crippen molar-refractivity contribution in [3.05, 3.63) is 59.4 Å². The lowest BCUT2D eigenvalue weighted by atomic mass is 9.89. The minimum absolute atomic E-state index is 0.353. The summed E-state index contributed by atoms with van der Waals surface area (Å²) in [5, 5.41) is 18.2. The lowest BCUT2D eigenvalue weighted by molar-refractivity contribution is -0.138. The van der Waals surface area contributed by atoms with Gasteiger partial charge >= 0.3 is 5.97 Å². The van der Waals surface area contributed by atoms with Crippen molar-refractivity contribution in [2.75, 3.05) is 11.4 Å². The quantitative estimate of drug-likeness (QED) is 0.911. The number of aromatic nitrogens is 1. The first kappa shape index (κ1) is 13.1. The van der Waals surface area contributed by atoms with E-state index in [0.717, 1.165) is 16.8 Å². The molecule has 104 valence electrons. The Kier molecular flexibility index (Phi) is 3.28. The van der Waals surface area contributed by atoms with Crippen LogP contribution in [0.1, 0.15) is 22.7 Å². The van der Waals surface area contributed by atoms with Crippen LogP contribution in [0.5, 0.6) is 0 Å². The summed E-state index contributed by atoms with van der Waals surface area (Å²) >= 11 is 0. The number of hydrogen-bond acceptors (Lipinski definition) is 4. The monoisotopic (exact) mass is 279 g/mol. The summed E-state index contributed by atoms with van der Waals surface area (Å²) in [6.07, 6.45) is 1.62. The highest BCUT2D eigenvalue weighted by atomic mass is 16.4. The Hall–Kier alpha value is -2.87. The zero-order chi connectivity index (χ0) is 14.8. The third-order valence-electron chi connectivity index (χ3n) is 3.72. The fraction of sp³-hybridized carbons (Fsp3) is 0.188. The van der Waals surface area contributed by atoms with Crippen molar-refractivity contribution in [1.29, 1.82) is 5.26 Å². The molecule has 2 aromatic rings. The number of pyridine rings is 1. The largest absolute Gasteiger partial charge is 0.481 e. The van der Waals surface area contributed by atoms with Crippen molar-refractivity contribution in [2.24, 2.45) is 0 Å². The summed E-state index contributed by atoms with van der Waals surface area (Å²) in [7, 11) is 0. The van der Waals surface area contributed by atoms with Crippen molar-refractivity contribution in [3.63, 3.8) is 0 Å². The Morgan fingerprint density at radius 2 is 2.14 bits per heavy atom. The van der Waals surface area contributed by atoms with Crippen molar-refractivity contribution in [1.82, 2.24) is 4.98 Å². The zero-order valence-electron chi connectivity index (χ0n) is 11.2. The van der Waals surface area contributed by atoms with Gasteiger partial charge in [0.15, 0.2) is 0 Å². The summed E-state index contributed by atoms with van der Waals surface area (Å²) in [5.74, 6) is -1.38. The summed E-state index contributed by atoms with van der Waals surface area (Å²) in [6.45, 7) is 1.05. The van der Waals surface area contributed by atoms with Crippen molar-refractivity contribution in [3.8, 4) is 6.07 Å². The second-order valence-electron chi connectivity index (χ2n) is 4.98. The van der Waals surface area contributed by atoms with E-state index in [2.05, 4.69) is 4.98 Å². The molecule has 0 saturated carbocycles. The number of nitrogens with zero attached hydrogens (tertiary/aromatic N) is 3. The summed E-state index contributed by atoms with van der Waals surface area (Å²) in [6, 6.07) is 13.0. The molecule has 21 heavy (non-hydrogen) atoms. The summed E-state index contributed by atoms with van der Waals surface area (Å²) in [4.78, 5) is 17.5. The molecule has 1 unspecified atom stereocenters. The van der Waals surface area contributed by atoms with Crippen molar-refractivity contribution < 1.29 is 9.90 Å². The van der Waals surface area contributed by atoms with Gasteiger partial charge in [0.1, 0.15) is 11.8 Å². The maximum Gasteiger partial charge on any atom is 0.312 e. The van der Waals surface area contributed by atoms with Crippen LogP contribution < -0.4 is 4.90 Å². The van der Waals surface area contributed by atoms with Gasteiger partial charge in [0.25, 0.3) is 0 Å². The molecule has 1 aliphatic heterocycles. The minimum Gasteiger partial charge on any atom is -0.481 e. The van der Waals surface area contributed by atoms with E-state index in [0.29, 0.717) is 18.8 Å². The van der Waals surface area contributed by atoms with Crippen LogP contribution >= 0.6 is 0 Å². The molecule has 0 saturated heterocycles. The number of nitriles is 1. The second kappa shape index (κ2) is 5.25. The number of aliphatic carboxylic acids is 1. The molecule has 0 aliphatic carbocycles. The van der Waals surface area contributed by atoms with E-state index < -0.39 is 11.9 Å². The third-order valence-corrected chi connectivity index (χ3v) is 3.72. The molecule has 3 rings (SSSR count). The second-order valence-corrected chi connectivity index (χ2v) is 4.98. The van der Waals surface area contributed by atoms with Gasteiger partial charge < -0.3 is 10.0 Å². The van der Waals surface area contributed by atoms with Gasteiger partial charge in [0.05, 0.1) is 17.8 Å². The highest BCUT2D eigenvalue weighted by Gasteiger charge is 2.30. The zero-order valence-corrected chi connectivity index (χ0v) is 11.2. The number of anilines is 1. The van der Waals surface area contributed by atoms with Gasteiger partial charge in [-0.2, -0.15) is 5.26 Å². The summed E-state index contributed by atoms with van der Waals surface area (Å²) < 4.78 is 0. The molecule has 1 aliphatic rings. The first-order valence-corrected chi connectivity index (χ1v) is 6.61. The van der Waals surface area contributed by atoms with E-state index in [1.165, 1.54) is 0 Å². The van der Waals surface area contributed by atoms with E-state index in [4.69, 9.17) is 5.26 Å². The average Bonchev–Trinajstić information content (AvgIpc) is 2.53. The predicted octanol–water partition coefficient (Wildman–Crippen LogP) is 2.14. The molecule has 0 bridgehead atoms. The van der Waals surface area contributed by atoms with Gasteiger partial charge in [-0.15, -0.1) is 0 Å². The molecule has 0 spiro atoms. The lowest BCUT2D eigenvalue weighted by Gasteiger charge is -2.34. The number of benzene rings is 1. The van der Waals surface area contributed by atoms with Crippen LogP contribution in [0.25, 0.3) is 0 Å². The molecule has 1 atom stereocenters. The molecule has 1 aromatic heterocycles. The first-order valence-electron chi connectivity index (χ1n) is 6.61. The number of carbonyl (C=O) groups is 1. The van der Waals surface area contributed by atoms with E-state index >= 15 is 0 Å². The topological polar surface area (TPSA) is 77.2 Å². The number of carboxylic acid groups (broad SMARTS) is 1. The standard InChI is InChI=1S/C16H13N3O2/c17-7-12-5-6-13(8-18-12)19-9-11-3-1-2-4-14(11)15(10-19)16(20)21/h1-6,8,15H,9-10H2,(H,20,21). The number of hydrogen-bond donors (Lipinski definition) is 1. The van der Waals surface area contributed by atoms with Crippen LogP contribution in [0.3, 0.4) is 0 Å². The molecule has 1 N–H and O–H groups in total. The van der Waals surface area contributed by atoms with Crippen LogP contribution in [0.2, 0.25) is 0 Å².